The van der Waals surface area contributed by atoms with Gasteiger partial charge >= 0.3 is 0 Å². The topological polar surface area (TPSA) is 40.6 Å². The fourth-order valence-electron chi connectivity index (χ4n) is 10.1. The van der Waals surface area contributed by atoms with E-state index in [9.17, 15) is 0 Å². The molecule has 0 aliphatic rings. The van der Waals surface area contributed by atoms with Gasteiger partial charge in [0.05, 0.1) is 44.5 Å². The van der Waals surface area contributed by atoms with E-state index in [2.05, 4.69) is 215 Å². The average molecular weight is 818 g/mol. The minimum atomic E-state index is 0.708. The molecule has 0 atom stereocenters. The smallest absolute Gasteiger partial charge is 0.160 e. The normalized spacial score (nSPS) is 11.8. The van der Waals surface area contributed by atoms with Crippen LogP contribution in [0.3, 0.4) is 0 Å². The molecule has 0 spiro atoms. The van der Waals surface area contributed by atoms with Crippen LogP contribution in [0.2, 0.25) is 0 Å². The fraction of sp³-hybridized carbons (Fsp3) is 0.0169. The lowest BCUT2D eigenvalue weighted by molar-refractivity contribution is 1.14. The molecular formula is C59H39N5. The lowest BCUT2D eigenvalue weighted by Gasteiger charge is -2.15. The van der Waals surface area contributed by atoms with Crippen LogP contribution in [0.4, 0.5) is 0 Å². The summed E-state index contributed by atoms with van der Waals surface area (Å²) in [5.74, 6) is 0.708. The largest absolute Gasteiger partial charge is 0.309 e. The molecular weight excluding hydrogens is 779 g/mol. The van der Waals surface area contributed by atoms with Crippen LogP contribution in [-0.2, 0) is 0 Å². The lowest BCUT2D eigenvalue weighted by Crippen LogP contribution is -2.00. The highest BCUT2D eigenvalue weighted by Gasteiger charge is 2.20. The zero-order valence-corrected chi connectivity index (χ0v) is 35.0. The van der Waals surface area contributed by atoms with Crippen molar-refractivity contribution in [3.63, 3.8) is 0 Å². The summed E-state index contributed by atoms with van der Waals surface area (Å²) in [6.45, 7) is 2.22. The summed E-state index contributed by atoms with van der Waals surface area (Å²) in [5.41, 5.74) is 16.5. The minimum Gasteiger partial charge on any atom is -0.309 e. The van der Waals surface area contributed by atoms with Crippen LogP contribution in [0.25, 0.3) is 116 Å². The summed E-state index contributed by atoms with van der Waals surface area (Å²) < 4.78 is 7.28. The van der Waals surface area contributed by atoms with Crippen molar-refractivity contribution in [2.75, 3.05) is 0 Å². The maximum atomic E-state index is 5.16. The Morgan fingerprint density at radius 3 is 1.17 bits per heavy atom. The molecule has 0 N–H and O–H groups in total. The number of aryl methyl sites for hydroxylation is 1. The molecule has 300 valence electrons. The predicted octanol–water partition coefficient (Wildman–Crippen LogP) is 15.1. The molecule has 13 rings (SSSR count). The van der Waals surface area contributed by atoms with Crippen molar-refractivity contribution in [2.45, 2.75) is 6.92 Å². The number of nitrogens with zero attached hydrogens (tertiary/aromatic N) is 5. The van der Waals surface area contributed by atoms with Crippen LogP contribution in [0, 0.1) is 6.92 Å². The van der Waals surface area contributed by atoms with E-state index in [1.54, 1.807) is 0 Å². The Morgan fingerprint density at radius 2 is 0.703 bits per heavy atom. The van der Waals surface area contributed by atoms with Crippen molar-refractivity contribution >= 4 is 65.4 Å². The van der Waals surface area contributed by atoms with E-state index in [-0.39, 0.29) is 0 Å². The van der Waals surface area contributed by atoms with E-state index in [0.29, 0.717) is 5.82 Å². The highest BCUT2D eigenvalue weighted by molar-refractivity contribution is 6.14. The molecule has 9 aromatic carbocycles. The summed E-state index contributed by atoms with van der Waals surface area (Å²) >= 11 is 0. The molecule has 0 aliphatic carbocycles. The van der Waals surface area contributed by atoms with Gasteiger partial charge in [0.15, 0.2) is 5.82 Å². The van der Waals surface area contributed by atoms with Gasteiger partial charge in [-0.3, -0.25) is 0 Å². The van der Waals surface area contributed by atoms with Gasteiger partial charge in [0, 0.05) is 66.1 Å². The van der Waals surface area contributed by atoms with E-state index in [1.807, 2.05) is 24.3 Å². The Bertz CT molecular complexity index is 3630. The predicted molar refractivity (Wildman–Crippen MR) is 266 cm³/mol. The fourth-order valence-corrected chi connectivity index (χ4v) is 10.1. The van der Waals surface area contributed by atoms with Gasteiger partial charge in [0.25, 0.3) is 0 Å². The first-order chi connectivity index (χ1) is 31.7. The van der Waals surface area contributed by atoms with Gasteiger partial charge < -0.3 is 13.7 Å². The number of hydrogen-bond acceptors (Lipinski definition) is 2. The number of rotatable bonds is 6. The van der Waals surface area contributed by atoms with Gasteiger partial charge in [0.2, 0.25) is 0 Å². The third kappa shape index (κ3) is 5.57. The third-order valence-corrected chi connectivity index (χ3v) is 13.0. The van der Waals surface area contributed by atoms with Crippen molar-refractivity contribution in [1.29, 1.82) is 0 Å². The lowest BCUT2D eigenvalue weighted by atomic mass is 10.0. The second-order valence-electron chi connectivity index (χ2n) is 16.7. The molecule has 5 nitrogen and oxygen atoms in total. The van der Waals surface area contributed by atoms with Crippen molar-refractivity contribution in [3.8, 4) is 51.0 Å². The van der Waals surface area contributed by atoms with Crippen molar-refractivity contribution in [3.05, 3.63) is 224 Å². The number of benzene rings is 9. The van der Waals surface area contributed by atoms with E-state index < -0.39 is 0 Å². The van der Waals surface area contributed by atoms with E-state index >= 15 is 0 Å². The maximum Gasteiger partial charge on any atom is 0.160 e. The first kappa shape index (κ1) is 36.1. The molecule has 13 aromatic rings. The second-order valence-corrected chi connectivity index (χ2v) is 16.7. The Morgan fingerprint density at radius 1 is 0.297 bits per heavy atom. The number of aromatic nitrogens is 5. The molecule has 0 radical (unpaired) electrons. The molecule has 4 aromatic heterocycles. The SMILES string of the molecule is Cc1cc(-c2cc(-c3ccccc3)nc(-c3ccccc3)n2)ccc1-n1c2ccc(-n3c4ccccc4c4ccccc43)cc2c2cc(-n3c4ccccc4c4ccccc43)ccc21. The highest BCUT2D eigenvalue weighted by atomic mass is 15.0. The van der Waals surface area contributed by atoms with Crippen LogP contribution >= 0.6 is 0 Å². The summed E-state index contributed by atoms with van der Waals surface area (Å²) in [5, 5.41) is 7.38. The second kappa shape index (κ2) is 14.3. The summed E-state index contributed by atoms with van der Waals surface area (Å²) in [6.07, 6.45) is 0. The van der Waals surface area contributed by atoms with E-state index in [0.717, 1.165) is 61.7 Å². The van der Waals surface area contributed by atoms with Crippen LogP contribution < -0.4 is 0 Å². The molecule has 0 fully saturated rings. The molecule has 0 saturated carbocycles. The number of para-hydroxylation sites is 4. The molecule has 4 heterocycles. The van der Waals surface area contributed by atoms with E-state index in [4.69, 9.17) is 9.97 Å². The monoisotopic (exact) mass is 817 g/mol. The molecule has 64 heavy (non-hydrogen) atoms. The van der Waals surface area contributed by atoms with Gasteiger partial charge in [-0.2, -0.15) is 0 Å². The van der Waals surface area contributed by atoms with Crippen molar-refractivity contribution in [1.82, 2.24) is 23.7 Å². The molecule has 0 bridgehead atoms. The summed E-state index contributed by atoms with van der Waals surface area (Å²) in [6, 6.07) is 78.4. The average Bonchev–Trinajstić information content (AvgIpc) is 3.99. The Balaban J connectivity index is 1.03. The van der Waals surface area contributed by atoms with Crippen LogP contribution in [0.5, 0.6) is 0 Å². The van der Waals surface area contributed by atoms with Crippen LogP contribution in [-0.4, -0.2) is 23.7 Å². The molecule has 5 heteroatoms. The van der Waals surface area contributed by atoms with Crippen LogP contribution in [0.1, 0.15) is 5.56 Å². The molecule has 0 amide bonds. The summed E-state index contributed by atoms with van der Waals surface area (Å²) in [7, 11) is 0. The van der Waals surface area contributed by atoms with Crippen LogP contribution in [0.15, 0.2) is 218 Å². The Kier molecular flexibility index (Phi) is 8.06. The summed E-state index contributed by atoms with van der Waals surface area (Å²) in [4.78, 5) is 10.2. The van der Waals surface area contributed by atoms with Crippen molar-refractivity contribution < 1.29 is 0 Å². The molecule has 0 unspecified atom stereocenters. The van der Waals surface area contributed by atoms with E-state index in [1.165, 1.54) is 54.4 Å². The van der Waals surface area contributed by atoms with Gasteiger partial charge in [-0.25, -0.2) is 9.97 Å². The zero-order valence-electron chi connectivity index (χ0n) is 35.0. The highest BCUT2D eigenvalue weighted by Crippen LogP contribution is 2.40. The quantitative estimate of drug-likeness (QED) is 0.168. The number of hydrogen-bond donors (Lipinski definition) is 0. The number of fused-ring (bicyclic) bond motifs is 9. The molecule has 0 saturated heterocycles. The first-order valence-electron chi connectivity index (χ1n) is 21.8. The van der Waals surface area contributed by atoms with Gasteiger partial charge in [-0.1, -0.05) is 140 Å². The van der Waals surface area contributed by atoms with Gasteiger partial charge in [-0.05, 0) is 91.3 Å². The van der Waals surface area contributed by atoms with Gasteiger partial charge in [-0.15, -0.1) is 0 Å². The first-order valence-corrected chi connectivity index (χ1v) is 21.8. The maximum absolute atomic E-state index is 5.16. The Hall–Kier alpha value is -8.54. The zero-order chi connectivity index (χ0) is 42.3. The third-order valence-electron chi connectivity index (χ3n) is 13.0. The van der Waals surface area contributed by atoms with Crippen molar-refractivity contribution in [2.24, 2.45) is 0 Å². The minimum absolute atomic E-state index is 0.708. The van der Waals surface area contributed by atoms with Gasteiger partial charge in [0.1, 0.15) is 0 Å². The standard InChI is InChI=1S/C59H39N5/c1-38-34-41(51-37-50(39-16-4-2-5-17-39)60-59(61-51)40-18-6-3-7-19-40)28-31-52(38)64-57-32-29-42(62-53-24-12-8-20-44(53)45-21-9-13-25-54(45)62)35-48(57)49-36-43(30-33-58(49)64)63-55-26-14-10-22-46(55)47-23-11-15-27-56(47)63/h2-37H,1H3. The Labute approximate surface area is 369 Å². The molecule has 0 aliphatic heterocycles.